The van der Waals surface area contributed by atoms with Crippen molar-refractivity contribution >= 4 is 15.9 Å². The third-order valence-electron chi connectivity index (χ3n) is 3.91. The van der Waals surface area contributed by atoms with Gasteiger partial charge in [-0.2, -0.15) is 0 Å². The molecule has 0 aromatic heterocycles. The van der Waals surface area contributed by atoms with Crippen molar-refractivity contribution in [3.8, 4) is 0 Å². The average Bonchev–Trinajstić information content (AvgIpc) is 2.44. The van der Waals surface area contributed by atoms with Gasteiger partial charge in [-0.1, -0.05) is 24.3 Å². The Kier molecular flexibility index (Phi) is 5.34. The van der Waals surface area contributed by atoms with Gasteiger partial charge in [0.2, 0.25) is 0 Å². The summed E-state index contributed by atoms with van der Waals surface area (Å²) < 4.78 is 25.3. The van der Waals surface area contributed by atoms with Crippen molar-refractivity contribution < 1.29 is 13.2 Å². The highest BCUT2D eigenvalue weighted by molar-refractivity contribution is 7.91. The lowest BCUT2D eigenvalue weighted by molar-refractivity contribution is 0.232. The minimum atomic E-state index is -3.28. The molecule has 2 rings (SSSR count). The Bertz CT molecular complexity index is 663. The second-order valence-electron chi connectivity index (χ2n) is 7.08. The number of fused-ring (bicyclic) bond motifs is 1. The van der Waals surface area contributed by atoms with Crippen LogP contribution in [-0.2, 0) is 16.3 Å². The van der Waals surface area contributed by atoms with Crippen LogP contribution in [0.25, 0.3) is 0 Å². The Balaban J connectivity index is 1.97. The molecule has 6 heteroatoms. The minimum Gasteiger partial charge on any atom is -0.337 e. The molecule has 0 saturated carbocycles. The van der Waals surface area contributed by atoms with Crippen molar-refractivity contribution in [3.63, 3.8) is 0 Å². The zero-order valence-electron chi connectivity index (χ0n) is 14.1. The summed E-state index contributed by atoms with van der Waals surface area (Å²) in [5.74, 6) is -0.0381. The second kappa shape index (κ2) is 6.91. The fourth-order valence-corrected chi connectivity index (χ4v) is 4.73. The highest BCUT2D eigenvalue weighted by Gasteiger charge is 2.31. The number of carbonyl (C=O) groups excluding carboxylic acids is 1. The summed E-state index contributed by atoms with van der Waals surface area (Å²) in [5.41, 5.74) is 1.72. The lowest BCUT2D eigenvalue weighted by atomic mass is 9.91. The van der Waals surface area contributed by atoms with Crippen LogP contribution in [0.1, 0.15) is 50.0 Å². The first-order valence-corrected chi connectivity index (χ1v) is 9.76. The molecule has 0 heterocycles. The number of amides is 2. The zero-order chi connectivity index (χ0) is 17.1. The first-order valence-electron chi connectivity index (χ1n) is 8.04. The van der Waals surface area contributed by atoms with Gasteiger partial charge in [0.15, 0.2) is 9.84 Å². The summed E-state index contributed by atoms with van der Waals surface area (Å²) in [5, 5.41) is 4.94. The lowest BCUT2D eigenvalue weighted by Crippen LogP contribution is -2.47. The van der Waals surface area contributed by atoms with Gasteiger partial charge >= 0.3 is 6.03 Å². The van der Waals surface area contributed by atoms with E-state index >= 15 is 0 Å². The Morgan fingerprint density at radius 2 is 1.96 bits per heavy atom. The van der Waals surface area contributed by atoms with E-state index in [4.69, 9.17) is 0 Å². The van der Waals surface area contributed by atoms with Gasteiger partial charge in [-0.3, -0.25) is 0 Å². The van der Waals surface area contributed by atoms with Gasteiger partial charge in [0.25, 0.3) is 0 Å². The zero-order valence-corrected chi connectivity index (χ0v) is 14.9. The highest BCUT2D eigenvalue weighted by atomic mass is 32.2. The molecule has 0 aliphatic heterocycles. The highest BCUT2D eigenvalue weighted by Crippen LogP contribution is 2.35. The molecule has 23 heavy (non-hydrogen) atoms. The largest absolute Gasteiger partial charge is 0.337 e. The van der Waals surface area contributed by atoms with E-state index < -0.39 is 15.1 Å². The van der Waals surface area contributed by atoms with Crippen LogP contribution in [0.3, 0.4) is 0 Å². The first kappa shape index (κ1) is 17.8. The predicted octanol–water partition coefficient (Wildman–Crippen LogP) is 2.58. The molecule has 5 nitrogen and oxygen atoms in total. The van der Waals surface area contributed by atoms with E-state index in [-0.39, 0.29) is 23.9 Å². The number of aryl methyl sites for hydroxylation is 1. The van der Waals surface area contributed by atoms with Crippen molar-refractivity contribution in [1.82, 2.24) is 10.6 Å². The second-order valence-corrected chi connectivity index (χ2v) is 9.38. The molecular formula is C17H26N2O3S. The molecule has 128 valence electrons. The van der Waals surface area contributed by atoms with E-state index in [2.05, 4.69) is 10.6 Å². The Labute approximate surface area is 138 Å². The van der Waals surface area contributed by atoms with E-state index in [0.29, 0.717) is 6.42 Å². The summed E-state index contributed by atoms with van der Waals surface area (Å²) in [6.07, 6.45) is 2.49. The fourth-order valence-electron chi connectivity index (χ4n) is 2.92. The molecule has 1 aromatic carbocycles. The number of carbonyl (C=O) groups is 1. The van der Waals surface area contributed by atoms with Gasteiger partial charge in [-0.15, -0.1) is 0 Å². The number of urea groups is 1. The van der Waals surface area contributed by atoms with Crippen LogP contribution in [0.2, 0.25) is 0 Å². The van der Waals surface area contributed by atoms with Crippen LogP contribution in [0.4, 0.5) is 4.79 Å². The predicted molar refractivity (Wildman–Crippen MR) is 92.2 cm³/mol. The van der Waals surface area contributed by atoms with Crippen LogP contribution in [-0.4, -0.2) is 32.3 Å². The lowest BCUT2D eigenvalue weighted by Gasteiger charge is -2.25. The van der Waals surface area contributed by atoms with Crippen molar-refractivity contribution in [1.29, 1.82) is 0 Å². The molecule has 0 saturated heterocycles. The van der Waals surface area contributed by atoms with Crippen LogP contribution in [0, 0.1) is 0 Å². The minimum absolute atomic E-state index is 0.0381. The summed E-state index contributed by atoms with van der Waals surface area (Å²) in [6.45, 7) is 5.76. The number of rotatable bonds is 4. The monoisotopic (exact) mass is 338 g/mol. The van der Waals surface area contributed by atoms with Gasteiger partial charge in [-0.05, 0) is 51.2 Å². The summed E-state index contributed by atoms with van der Waals surface area (Å²) in [6, 6.07) is 7.42. The maximum Gasteiger partial charge on any atom is 0.315 e. The van der Waals surface area contributed by atoms with E-state index in [9.17, 15) is 13.2 Å². The Morgan fingerprint density at radius 3 is 2.65 bits per heavy atom. The van der Waals surface area contributed by atoms with Gasteiger partial charge < -0.3 is 10.6 Å². The van der Waals surface area contributed by atoms with Crippen molar-refractivity contribution in [2.75, 3.05) is 12.3 Å². The first-order chi connectivity index (χ1) is 10.7. The number of hydrogen-bond acceptors (Lipinski definition) is 3. The molecule has 0 spiro atoms. The normalized spacial score (nSPS) is 18.1. The fraction of sp³-hybridized carbons (Fsp3) is 0.588. The van der Waals surface area contributed by atoms with E-state index in [1.807, 2.05) is 45.0 Å². The Morgan fingerprint density at radius 1 is 1.26 bits per heavy atom. The van der Waals surface area contributed by atoms with Crippen LogP contribution < -0.4 is 10.6 Å². The van der Waals surface area contributed by atoms with Gasteiger partial charge in [0.1, 0.15) is 0 Å². The maximum atomic E-state index is 12.6. The smallest absolute Gasteiger partial charge is 0.315 e. The van der Waals surface area contributed by atoms with Crippen molar-refractivity contribution in [2.24, 2.45) is 0 Å². The maximum absolute atomic E-state index is 12.6. The quantitative estimate of drug-likeness (QED) is 0.886. The number of benzene rings is 1. The molecule has 0 radical (unpaired) electrons. The summed E-state index contributed by atoms with van der Waals surface area (Å²) in [7, 11) is -3.28. The molecule has 0 bridgehead atoms. The van der Waals surface area contributed by atoms with E-state index in [1.165, 1.54) is 0 Å². The molecule has 1 aliphatic carbocycles. The van der Waals surface area contributed by atoms with Gasteiger partial charge in [0, 0.05) is 12.1 Å². The van der Waals surface area contributed by atoms with Crippen molar-refractivity contribution in [3.05, 3.63) is 35.4 Å². The molecule has 2 amide bonds. The van der Waals surface area contributed by atoms with Gasteiger partial charge in [0.05, 0.1) is 11.0 Å². The molecular weight excluding hydrogens is 312 g/mol. The number of sulfone groups is 1. The standard InChI is InChI=1S/C17H26N2O3S/c1-17(2,3)19-16(20)18-11-12-23(21,22)15-10-6-8-13-7-4-5-9-14(13)15/h4-5,7,9,15H,6,8,10-12H2,1-3H3,(H2,18,19,20)/t15-/m1/s1. The number of hydrogen-bond donors (Lipinski definition) is 2. The third-order valence-corrected chi connectivity index (χ3v) is 6.04. The third kappa shape index (κ3) is 4.96. The summed E-state index contributed by atoms with van der Waals surface area (Å²) >= 11 is 0. The van der Waals surface area contributed by atoms with E-state index in [0.717, 1.165) is 24.0 Å². The number of nitrogens with one attached hydrogen (secondary N) is 2. The van der Waals surface area contributed by atoms with E-state index in [1.54, 1.807) is 0 Å². The SMILES string of the molecule is CC(C)(C)NC(=O)NCCS(=O)(=O)[C@@H]1CCCc2ccccc21. The molecule has 0 fully saturated rings. The van der Waals surface area contributed by atoms with Crippen LogP contribution >= 0.6 is 0 Å². The molecule has 1 aromatic rings. The van der Waals surface area contributed by atoms with Crippen molar-refractivity contribution in [2.45, 2.75) is 50.8 Å². The molecule has 0 unspecified atom stereocenters. The van der Waals surface area contributed by atoms with Crippen LogP contribution in [0.15, 0.2) is 24.3 Å². The molecule has 1 aliphatic rings. The average molecular weight is 338 g/mol. The molecule has 1 atom stereocenters. The summed E-state index contributed by atoms with van der Waals surface area (Å²) in [4.78, 5) is 11.7. The topological polar surface area (TPSA) is 75.3 Å². The van der Waals surface area contributed by atoms with Gasteiger partial charge in [-0.25, -0.2) is 13.2 Å². The van der Waals surface area contributed by atoms with Crippen LogP contribution in [0.5, 0.6) is 0 Å². The molecule has 2 N–H and O–H groups in total. The Hall–Kier alpha value is -1.56.